The number of hydrogen-bond donors (Lipinski definition) is 2. The number of aromatic amines is 1. The van der Waals surface area contributed by atoms with Gasteiger partial charge < -0.3 is 19.6 Å². The smallest absolute Gasteiger partial charge is 0.132 e. The first-order chi connectivity index (χ1) is 8.69. The minimum Gasteiger partial charge on any atom is -0.496 e. The average Bonchev–Trinajstić information content (AvgIpc) is 2.87. The zero-order valence-corrected chi connectivity index (χ0v) is 10.7. The number of methoxy groups -OCH3 is 2. The van der Waals surface area contributed by atoms with Gasteiger partial charge in [0.1, 0.15) is 23.9 Å². The van der Waals surface area contributed by atoms with Gasteiger partial charge in [-0.25, -0.2) is 4.98 Å². The van der Waals surface area contributed by atoms with Crippen LogP contribution in [0.15, 0.2) is 18.3 Å². The van der Waals surface area contributed by atoms with Crippen LogP contribution in [0, 0.1) is 6.92 Å². The van der Waals surface area contributed by atoms with Gasteiger partial charge >= 0.3 is 0 Å². The first-order valence-corrected chi connectivity index (χ1v) is 5.57. The third-order valence-corrected chi connectivity index (χ3v) is 2.79. The SMILES string of the molecule is COc1cc(-c2cnc(CO)[nH]2)c(OC)cc1C. The Labute approximate surface area is 105 Å². The maximum absolute atomic E-state index is 9.02. The number of aliphatic hydroxyl groups excluding tert-OH is 1. The third-order valence-electron chi connectivity index (χ3n) is 2.79. The number of aryl methyl sites for hydroxylation is 1. The van der Waals surface area contributed by atoms with Crippen LogP contribution < -0.4 is 9.47 Å². The van der Waals surface area contributed by atoms with Crippen LogP contribution in [-0.2, 0) is 6.61 Å². The molecule has 0 aliphatic heterocycles. The molecule has 0 fully saturated rings. The summed E-state index contributed by atoms with van der Waals surface area (Å²) in [5, 5.41) is 9.02. The topological polar surface area (TPSA) is 67.4 Å². The molecule has 5 nitrogen and oxygen atoms in total. The molecular formula is C13H16N2O3. The Balaban J connectivity index is 2.54. The molecule has 0 aliphatic rings. The summed E-state index contributed by atoms with van der Waals surface area (Å²) >= 11 is 0. The molecule has 18 heavy (non-hydrogen) atoms. The van der Waals surface area contributed by atoms with Crippen LogP contribution in [0.3, 0.4) is 0 Å². The molecule has 1 aromatic heterocycles. The molecule has 0 amide bonds. The Kier molecular flexibility index (Phi) is 3.53. The lowest BCUT2D eigenvalue weighted by Gasteiger charge is -2.11. The fraction of sp³-hybridized carbons (Fsp3) is 0.308. The zero-order chi connectivity index (χ0) is 13.1. The number of H-pyrrole nitrogens is 1. The van der Waals surface area contributed by atoms with Crippen LogP contribution in [0.1, 0.15) is 11.4 Å². The summed E-state index contributed by atoms with van der Waals surface area (Å²) < 4.78 is 10.7. The van der Waals surface area contributed by atoms with Crippen molar-refractivity contribution in [2.75, 3.05) is 14.2 Å². The van der Waals surface area contributed by atoms with Crippen molar-refractivity contribution in [2.45, 2.75) is 13.5 Å². The van der Waals surface area contributed by atoms with Crippen molar-refractivity contribution in [3.8, 4) is 22.8 Å². The van der Waals surface area contributed by atoms with Crippen LogP contribution in [-0.4, -0.2) is 29.3 Å². The summed E-state index contributed by atoms with van der Waals surface area (Å²) in [7, 11) is 3.25. The average molecular weight is 248 g/mol. The molecule has 2 N–H and O–H groups in total. The van der Waals surface area contributed by atoms with E-state index in [0.717, 1.165) is 28.3 Å². The van der Waals surface area contributed by atoms with E-state index in [9.17, 15) is 0 Å². The van der Waals surface area contributed by atoms with Crippen LogP contribution in [0.2, 0.25) is 0 Å². The predicted octanol–water partition coefficient (Wildman–Crippen LogP) is 1.89. The lowest BCUT2D eigenvalue weighted by Crippen LogP contribution is -1.93. The number of ether oxygens (including phenoxy) is 2. The maximum atomic E-state index is 9.02. The Bertz CT molecular complexity index is 549. The van der Waals surface area contributed by atoms with Gasteiger partial charge in [0.15, 0.2) is 0 Å². The molecule has 1 aromatic carbocycles. The van der Waals surface area contributed by atoms with Crippen molar-refractivity contribution in [1.82, 2.24) is 9.97 Å². The summed E-state index contributed by atoms with van der Waals surface area (Å²) in [5.41, 5.74) is 2.64. The molecule has 0 aliphatic carbocycles. The Hall–Kier alpha value is -2.01. The van der Waals surface area contributed by atoms with E-state index < -0.39 is 0 Å². The molecule has 0 saturated heterocycles. The van der Waals surface area contributed by atoms with Crippen LogP contribution in [0.4, 0.5) is 0 Å². The number of nitrogens with one attached hydrogen (secondary N) is 1. The third kappa shape index (κ3) is 2.17. The number of rotatable bonds is 4. The summed E-state index contributed by atoms with van der Waals surface area (Å²) in [4.78, 5) is 7.09. The van der Waals surface area contributed by atoms with Gasteiger partial charge in [-0.1, -0.05) is 0 Å². The first kappa shape index (κ1) is 12.4. The molecule has 0 atom stereocenters. The van der Waals surface area contributed by atoms with Gasteiger partial charge in [0.05, 0.1) is 26.1 Å². The molecule has 0 saturated carbocycles. The van der Waals surface area contributed by atoms with Crippen LogP contribution in [0.5, 0.6) is 11.5 Å². The number of imidazole rings is 1. The standard InChI is InChI=1S/C13H16N2O3/c1-8-4-12(18-3)9(5-11(8)17-2)10-6-14-13(7-16)15-10/h4-6,16H,7H2,1-3H3,(H,14,15). The Morgan fingerprint density at radius 1 is 1.22 bits per heavy atom. The molecule has 2 rings (SSSR count). The fourth-order valence-electron chi connectivity index (χ4n) is 1.84. The minimum atomic E-state index is -0.120. The second kappa shape index (κ2) is 5.10. The second-order valence-electron chi connectivity index (χ2n) is 3.92. The van der Waals surface area contributed by atoms with Gasteiger partial charge in [-0.3, -0.25) is 0 Å². The molecule has 1 heterocycles. The largest absolute Gasteiger partial charge is 0.496 e. The van der Waals surface area contributed by atoms with E-state index in [2.05, 4.69) is 9.97 Å². The highest BCUT2D eigenvalue weighted by Gasteiger charge is 2.12. The summed E-state index contributed by atoms with van der Waals surface area (Å²) in [5.74, 6) is 2.04. The highest BCUT2D eigenvalue weighted by molar-refractivity contribution is 5.70. The monoisotopic (exact) mass is 248 g/mol. The fourth-order valence-corrected chi connectivity index (χ4v) is 1.84. The predicted molar refractivity (Wildman–Crippen MR) is 67.8 cm³/mol. The molecule has 0 radical (unpaired) electrons. The van der Waals surface area contributed by atoms with E-state index in [1.54, 1.807) is 20.4 Å². The quantitative estimate of drug-likeness (QED) is 0.867. The molecule has 2 aromatic rings. The van der Waals surface area contributed by atoms with Crippen molar-refractivity contribution in [2.24, 2.45) is 0 Å². The number of benzene rings is 1. The van der Waals surface area contributed by atoms with E-state index in [-0.39, 0.29) is 6.61 Å². The van der Waals surface area contributed by atoms with Gasteiger partial charge in [0, 0.05) is 5.56 Å². The lowest BCUT2D eigenvalue weighted by atomic mass is 10.1. The Morgan fingerprint density at radius 2 is 1.94 bits per heavy atom. The minimum absolute atomic E-state index is 0.120. The number of aliphatic hydroxyl groups is 1. The number of aromatic nitrogens is 2. The van der Waals surface area contributed by atoms with Crippen molar-refractivity contribution < 1.29 is 14.6 Å². The maximum Gasteiger partial charge on any atom is 0.132 e. The second-order valence-corrected chi connectivity index (χ2v) is 3.92. The van der Waals surface area contributed by atoms with Gasteiger partial charge in [0.2, 0.25) is 0 Å². The summed E-state index contributed by atoms with van der Waals surface area (Å²) in [6, 6.07) is 3.80. The van der Waals surface area contributed by atoms with E-state index in [0.29, 0.717) is 5.82 Å². The van der Waals surface area contributed by atoms with Gasteiger partial charge in [-0.05, 0) is 24.6 Å². The number of nitrogens with zero attached hydrogens (tertiary/aromatic N) is 1. The number of hydrogen-bond acceptors (Lipinski definition) is 4. The van der Waals surface area contributed by atoms with E-state index in [4.69, 9.17) is 14.6 Å². The highest BCUT2D eigenvalue weighted by atomic mass is 16.5. The van der Waals surface area contributed by atoms with Crippen molar-refractivity contribution in [1.29, 1.82) is 0 Å². The summed E-state index contributed by atoms with van der Waals surface area (Å²) in [6.07, 6.45) is 1.66. The highest BCUT2D eigenvalue weighted by Crippen LogP contribution is 2.34. The van der Waals surface area contributed by atoms with Crippen molar-refractivity contribution >= 4 is 0 Å². The van der Waals surface area contributed by atoms with E-state index in [1.165, 1.54) is 0 Å². The molecule has 96 valence electrons. The molecule has 5 heteroatoms. The van der Waals surface area contributed by atoms with Crippen LogP contribution >= 0.6 is 0 Å². The Morgan fingerprint density at radius 3 is 2.50 bits per heavy atom. The van der Waals surface area contributed by atoms with E-state index >= 15 is 0 Å². The van der Waals surface area contributed by atoms with Gasteiger partial charge in [-0.15, -0.1) is 0 Å². The lowest BCUT2D eigenvalue weighted by molar-refractivity contribution is 0.272. The molecular weight excluding hydrogens is 232 g/mol. The van der Waals surface area contributed by atoms with E-state index in [1.807, 2.05) is 19.1 Å². The van der Waals surface area contributed by atoms with Crippen molar-refractivity contribution in [3.63, 3.8) is 0 Å². The van der Waals surface area contributed by atoms with Crippen LogP contribution in [0.25, 0.3) is 11.3 Å². The van der Waals surface area contributed by atoms with Crippen molar-refractivity contribution in [3.05, 3.63) is 29.7 Å². The molecule has 0 bridgehead atoms. The molecule has 0 spiro atoms. The van der Waals surface area contributed by atoms with Gasteiger partial charge in [-0.2, -0.15) is 0 Å². The summed E-state index contributed by atoms with van der Waals surface area (Å²) in [6.45, 7) is 1.84. The first-order valence-electron chi connectivity index (χ1n) is 5.57. The van der Waals surface area contributed by atoms with Gasteiger partial charge in [0.25, 0.3) is 0 Å². The molecule has 0 unspecified atom stereocenters. The normalized spacial score (nSPS) is 10.4. The zero-order valence-electron chi connectivity index (χ0n) is 10.7.